The van der Waals surface area contributed by atoms with Crippen LogP contribution in [-0.2, 0) is 11.0 Å². The zero-order chi connectivity index (χ0) is 18.3. The van der Waals surface area contributed by atoms with Crippen LogP contribution in [0.4, 0.5) is 13.2 Å². The van der Waals surface area contributed by atoms with Gasteiger partial charge in [-0.15, -0.1) is 0 Å². The molecule has 1 atom stereocenters. The fourth-order valence-corrected chi connectivity index (χ4v) is 2.12. The predicted molar refractivity (Wildman–Crippen MR) is 80.8 cm³/mol. The maximum absolute atomic E-state index is 13.0. The van der Waals surface area contributed by atoms with Gasteiger partial charge in [-0.1, -0.05) is 26.0 Å². The molecule has 2 N–H and O–H groups in total. The first-order valence-electron chi connectivity index (χ1n) is 7.28. The van der Waals surface area contributed by atoms with Gasteiger partial charge < -0.3 is 10.6 Å². The van der Waals surface area contributed by atoms with Crippen molar-refractivity contribution in [1.29, 1.82) is 5.26 Å². The molecule has 1 aromatic rings. The normalized spacial score (nSPS) is 12.4. The number of hydrogen-bond acceptors (Lipinski definition) is 3. The smallest absolute Gasteiger partial charge is 0.341 e. The van der Waals surface area contributed by atoms with E-state index in [0.29, 0.717) is 0 Å². The van der Waals surface area contributed by atoms with E-state index in [0.717, 1.165) is 12.1 Å². The summed E-state index contributed by atoms with van der Waals surface area (Å²) in [5.74, 6) is -1.58. The molecule has 0 saturated carbocycles. The summed E-state index contributed by atoms with van der Waals surface area (Å²) < 4.78 is 39.0. The van der Waals surface area contributed by atoms with Crippen LogP contribution >= 0.6 is 0 Å². The molecule has 24 heavy (non-hydrogen) atoms. The molecule has 5 nitrogen and oxygen atoms in total. The summed E-state index contributed by atoms with van der Waals surface area (Å²) in [4.78, 5) is 24.2. The number of benzene rings is 1. The molecule has 0 heterocycles. The molecule has 0 aliphatic heterocycles. The second kappa shape index (κ2) is 8.34. The Balaban J connectivity index is 3.01. The Morgan fingerprint density at radius 1 is 1.25 bits per heavy atom. The molecule has 2 amide bonds. The van der Waals surface area contributed by atoms with Crippen molar-refractivity contribution in [1.82, 2.24) is 10.6 Å². The van der Waals surface area contributed by atoms with Gasteiger partial charge in [0.2, 0.25) is 5.91 Å². The Morgan fingerprint density at radius 2 is 1.88 bits per heavy atom. The van der Waals surface area contributed by atoms with E-state index >= 15 is 0 Å². The van der Waals surface area contributed by atoms with Crippen molar-refractivity contribution in [3.8, 4) is 6.07 Å². The zero-order valence-electron chi connectivity index (χ0n) is 13.3. The first-order chi connectivity index (χ1) is 11.2. The van der Waals surface area contributed by atoms with Crippen molar-refractivity contribution >= 4 is 11.8 Å². The lowest BCUT2D eigenvalue weighted by Gasteiger charge is -2.20. The minimum Gasteiger partial charge on any atom is -0.341 e. The lowest BCUT2D eigenvalue weighted by molar-refractivity contribution is -0.137. The third-order valence-electron chi connectivity index (χ3n) is 3.15. The molecule has 1 aromatic carbocycles. The summed E-state index contributed by atoms with van der Waals surface area (Å²) >= 11 is 0. The third kappa shape index (κ3) is 5.57. The summed E-state index contributed by atoms with van der Waals surface area (Å²) in [5, 5.41) is 13.1. The lowest BCUT2D eigenvalue weighted by atomic mass is 10.0. The molecule has 0 aliphatic carbocycles. The van der Waals surface area contributed by atoms with Crippen LogP contribution in [0.2, 0.25) is 0 Å². The lowest BCUT2D eigenvalue weighted by Crippen LogP contribution is -2.47. The minimum absolute atomic E-state index is 0.0148. The highest BCUT2D eigenvalue weighted by atomic mass is 19.4. The Kier molecular flexibility index (Phi) is 6.77. The van der Waals surface area contributed by atoms with Crippen molar-refractivity contribution in [3.05, 3.63) is 35.4 Å². The second-order valence-electron chi connectivity index (χ2n) is 5.57. The van der Waals surface area contributed by atoms with Crippen LogP contribution in [0.5, 0.6) is 0 Å². The molecule has 0 radical (unpaired) electrons. The van der Waals surface area contributed by atoms with Gasteiger partial charge in [0.05, 0.1) is 17.2 Å². The average molecular weight is 341 g/mol. The fraction of sp³-hybridized carbons (Fsp3) is 0.438. The second-order valence-corrected chi connectivity index (χ2v) is 5.57. The summed E-state index contributed by atoms with van der Waals surface area (Å²) in [5.41, 5.74) is -1.62. The van der Waals surface area contributed by atoms with Gasteiger partial charge in [0.25, 0.3) is 5.91 Å². The summed E-state index contributed by atoms with van der Waals surface area (Å²) in [6.07, 6.45) is -4.44. The molecular weight excluding hydrogens is 323 g/mol. The molecule has 0 spiro atoms. The highest BCUT2D eigenvalue weighted by Crippen LogP contribution is 2.31. The zero-order valence-corrected chi connectivity index (χ0v) is 13.3. The van der Waals surface area contributed by atoms with Crippen LogP contribution in [0.1, 0.15) is 36.2 Å². The number of nitriles is 1. The molecule has 130 valence electrons. The quantitative estimate of drug-likeness (QED) is 0.780. The number of hydrogen-bond donors (Lipinski definition) is 2. The largest absolute Gasteiger partial charge is 0.417 e. The number of amides is 2. The van der Waals surface area contributed by atoms with E-state index in [1.165, 1.54) is 12.1 Å². The summed E-state index contributed by atoms with van der Waals surface area (Å²) in [6, 6.07) is 5.07. The summed E-state index contributed by atoms with van der Waals surface area (Å²) in [7, 11) is 0. The van der Waals surface area contributed by atoms with Crippen molar-refractivity contribution in [2.45, 2.75) is 32.5 Å². The number of carbonyl (C=O) groups is 2. The van der Waals surface area contributed by atoms with Gasteiger partial charge in [-0.05, 0) is 24.5 Å². The number of halogens is 3. The van der Waals surface area contributed by atoms with E-state index in [2.05, 4.69) is 10.6 Å². The minimum atomic E-state index is -4.68. The molecule has 0 bridgehead atoms. The first kappa shape index (κ1) is 19.5. The van der Waals surface area contributed by atoms with Gasteiger partial charge in [-0.25, -0.2) is 0 Å². The molecule has 0 unspecified atom stereocenters. The van der Waals surface area contributed by atoms with Crippen molar-refractivity contribution in [2.75, 3.05) is 6.54 Å². The van der Waals surface area contributed by atoms with Gasteiger partial charge in [0.15, 0.2) is 0 Å². The number of rotatable bonds is 6. The number of carbonyl (C=O) groups excluding carboxylic acids is 2. The van der Waals surface area contributed by atoms with Crippen LogP contribution in [0.15, 0.2) is 24.3 Å². The number of nitrogens with zero attached hydrogens (tertiary/aromatic N) is 1. The standard InChI is InChI=1S/C16H18F3N3O2/c1-10(2)9-13(15(24)21-8-7-20)22-14(23)11-5-3-4-6-12(11)16(17,18)19/h3-6,10,13H,8-9H2,1-2H3,(H,21,24)(H,22,23)/t13-/m0/s1. The molecule has 0 aromatic heterocycles. The molecule has 1 rings (SSSR count). The summed E-state index contributed by atoms with van der Waals surface area (Å²) in [6.45, 7) is 3.36. The fourth-order valence-electron chi connectivity index (χ4n) is 2.12. The van der Waals surface area contributed by atoms with Gasteiger partial charge >= 0.3 is 6.18 Å². The van der Waals surface area contributed by atoms with Crippen molar-refractivity contribution in [3.63, 3.8) is 0 Å². The molecular formula is C16H18F3N3O2. The number of nitrogens with one attached hydrogen (secondary N) is 2. The Bertz CT molecular complexity index is 636. The highest BCUT2D eigenvalue weighted by molar-refractivity contribution is 5.98. The van der Waals surface area contributed by atoms with E-state index in [4.69, 9.17) is 5.26 Å². The maximum Gasteiger partial charge on any atom is 0.417 e. The van der Waals surface area contributed by atoms with Gasteiger partial charge in [0.1, 0.15) is 12.6 Å². The van der Waals surface area contributed by atoms with Crippen molar-refractivity contribution in [2.24, 2.45) is 5.92 Å². The monoisotopic (exact) mass is 341 g/mol. The van der Waals surface area contributed by atoms with E-state index < -0.39 is 35.2 Å². The van der Waals surface area contributed by atoms with Crippen LogP contribution in [-0.4, -0.2) is 24.4 Å². The highest BCUT2D eigenvalue weighted by Gasteiger charge is 2.35. The molecule has 8 heteroatoms. The molecule has 0 saturated heterocycles. The maximum atomic E-state index is 13.0. The molecule has 0 fully saturated rings. The third-order valence-corrected chi connectivity index (χ3v) is 3.15. The van der Waals surface area contributed by atoms with Gasteiger partial charge in [-0.3, -0.25) is 9.59 Å². The van der Waals surface area contributed by atoms with Crippen molar-refractivity contribution < 1.29 is 22.8 Å². The van der Waals surface area contributed by atoms with Crippen LogP contribution in [0.3, 0.4) is 0 Å². The SMILES string of the molecule is CC(C)C[C@H](NC(=O)c1ccccc1C(F)(F)F)C(=O)NCC#N. The topological polar surface area (TPSA) is 82.0 Å². The van der Waals surface area contributed by atoms with Crippen LogP contribution in [0, 0.1) is 17.2 Å². The Hall–Kier alpha value is -2.56. The van der Waals surface area contributed by atoms with Crippen LogP contribution in [0.25, 0.3) is 0 Å². The van der Waals surface area contributed by atoms with Gasteiger partial charge in [0, 0.05) is 0 Å². The Morgan fingerprint density at radius 3 is 2.42 bits per heavy atom. The van der Waals surface area contributed by atoms with E-state index in [-0.39, 0.29) is 18.9 Å². The first-order valence-corrected chi connectivity index (χ1v) is 7.28. The molecule has 0 aliphatic rings. The average Bonchev–Trinajstić information content (AvgIpc) is 2.50. The Labute approximate surface area is 137 Å². The number of alkyl halides is 3. The predicted octanol–water partition coefficient (Wildman–Crippen LogP) is 2.49. The van der Waals surface area contributed by atoms with E-state index in [1.54, 1.807) is 19.9 Å². The van der Waals surface area contributed by atoms with Crippen LogP contribution < -0.4 is 10.6 Å². The van der Waals surface area contributed by atoms with E-state index in [9.17, 15) is 22.8 Å². The van der Waals surface area contributed by atoms with Gasteiger partial charge in [-0.2, -0.15) is 18.4 Å². The van der Waals surface area contributed by atoms with E-state index in [1.807, 2.05) is 0 Å².